The summed E-state index contributed by atoms with van der Waals surface area (Å²) in [5, 5.41) is 23.9. The zero-order chi connectivity index (χ0) is 14.8. The van der Waals surface area contributed by atoms with Crippen LogP contribution >= 0.6 is 0 Å². The van der Waals surface area contributed by atoms with E-state index in [1.54, 1.807) is 0 Å². The van der Waals surface area contributed by atoms with Gasteiger partial charge in [-0.15, -0.1) is 0 Å². The number of phenols is 1. The van der Waals surface area contributed by atoms with Crippen molar-refractivity contribution in [1.29, 1.82) is 0 Å². The summed E-state index contributed by atoms with van der Waals surface area (Å²) in [6, 6.07) is 3.75. The fourth-order valence-electron chi connectivity index (χ4n) is 2.08. The molecule has 6 nitrogen and oxygen atoms in total. The number of benzene rings is 1. The number of urea groups is 1. The minimum Gasteiger partial charge on any atom is -0.505 e. The van der Waals surface area contributed by atoms with E-state index in [-0.39, 0.29) is 16.7 Å². The van der Waals surface area contributed by atoms with Gasteiger partial charge in [0.1, 0.15) is 5.56 Å². The Balaban J connectivity index is 1.97. The maximum Gasteiger partial charge on any atom is 0.339 e. The molecule has 2 amide bonds. The molecule has 6 heteroatoms. The van der Waals surface area contributed by atoms with E-state index in [0.29, 0.717) is 6.54 Å². The van der Waals surface area contributed by atoms with Crippen LogP contribution in [0.4, 0.5) is 10.5 Å². The highest BCUT2D eigenvalue weighted by Gasteiger charge is 2.40. The zero-order valence-corrected chi connectivity index (χ0v) is 11.3. The minimum absolute atomic E-state index is 0.0868. The number of anilines is 1. The summed E-state index contributed by atoms with van der Waals surface area (Å²) < 4.78 is 0. The van der Waals surface area contributed by atoms with Crippen LogP contribution in [0.5, 0.6) is 5.75 Å². The number of hydrogen-bond donors (Lipinski definition) is 4. The Morgan fingerprint density at radius 3 is 2.60 bits per heavy atom. The maximum absolute atomic E-state index is 11.8. The van der Waals surface area contributed by atoms with Crippen molar-refractivity contribution in [2.24, 2.45) is 5.41 Å². The number of hydrogen-bond acceptors (Lipinski definition) is 3. The van der Waals surface area contributed by atoms with Gasteiger partial charge in [0.05, 0.1) is 5.69 Å². The summed E-state index contributed by atoms with van der Waals surface area (Å²) >= 11 is 0. The van der Waals surface area contributed by atoms with E-state index in [4.69, 9.17) is 5.11 Å². The van der Waals surface area contributed by atoms with E-state index < -0.39 is 17.7 Å². The molecule has 0 aromatic heterocycles. The van der Waals surface area contributed by atoms with E-state index in [0.717, 1.165) is 19.3 Å². The first kappa shape index (κ1) is 14.2. The zero-order valence-electron chi connectivity index (χ0n) is 11.3. The van der Waals surface area contributed by atoms with Gasteiger partial charge in [0.15, 0.2) is 5.75 Å². The number of carboxylic acids is 1. The Morgan fingerprint density at radius 1 is 1.35 bits per heavy atom. The van der Waals surface area contributed by atoms with Gasteiger partial charge < -0.3 is 20.8 Å². The van der Waals surface area contributed by atoms with Gasteiger partial charge >= 0.3 is 12.0 Å². The number of carbonyl (C=O) groups is 2. The number of para-hydroxylation sites is 1. The molecular weight excluding hydrogens is 260 g/mol. The fraction of sp³-hybridized carbons (Fsp3) is 0.429. The molecule has 0 spiro atoms. The molecule has 0 aliphatic heterocycles. The SMILES string of the molecule is CCC1(CNC(=O)Nc2cccc(C(=O)O)c2O)CC1. The van der Waals surface area contributed by atoms with E-state index >= 15 is 0 Å². The molecule has 0 unspecified atom stereocenters. The number of aromatic carboxylic acids is 1. The molecule has 2 rings (SSSR count). The molecule has 108 valence electrons. The summed E-state index contributed by atoms with van der Waals surface area (Å²) in [7, 11) is 0. The Hall–Kier alpha value is -2.24. The molecule has 1 aromatic carbocycles. The number of rotatable bonds is 5. The lowest BCUT2D eigenvalue weighted by Gasteiger charge is -2.14. The van der Waals surface area contributed by atoms with Crippen molar-refractivity contribution in [3.05, 3.63) is 23.8 Å². The van der Waals surface area contributed by atoms with Crippen molar-refractivity contribution < 1.29 is 19.8 Å². The first-order valence-corrected chi connectivity index (χ1v) is 6.57. The second kappa shape index (κ2) is 5.40. The third kappa shape index (κ3) is 3.01. The third-order valence-corrected chi connectivity index (χ3v) is 3.85. The van der Waals surface area contributed by atoms with Crippen molar-refractivity contribution in [3.8, 4) is 5.75 Å². The van der Waals surface area contributed by atoms with Gasteiger partial charge in [-0.25, -0.2) is 9.59 Å². The standard InChI is InChI=1S/C14H18N2O4/c1-2-14(6-7-14)8-15-13(20)16-10-5-3-4-9(11(10)17)12(18)19/h3-5,17H,2,6-8H2,1H3,(H,18,19)(H2,15,16,20). The lowest BCUT2D eigenvalue weighted by Crippen LogP contribution is -2.33. The second-order valence-electron chi connectivity index (χ2n) is 5.17. The summed E-state index contributed by atoms with van der Waals surface area (Å²) in [6.45, 7) is 2.68. The molecule has 1 aromatic rings. The quantitative estimate of drug-likeness (QED) is 0.621. The highest BCUT2D eigenvalue weighted by Crippen LogP contribution is 2.47. The Morgan fingerprint density at radius 2 is 2.05 bits per heavy atom. The van der Waals surface area contributed by atoms with Gasteiger partial charge in [0, 0.05) is 6.54 Å². The lowest BCUT2D eigenvalue weighted by atomic mass is 10.0. The number of carbonyl (C=O) groups excluding carboxylic acids is 1. The first-order chi connectivity index (χ1) is 9.47. The van der Waals surface area contributed by atoms with Gasteiger partial charge in [0.25, 0.3) is 0 Å². The van der Waals surface area contributed by atoms with Crippen LogP contribution in [0.3, 0.4) is 0 Å². The molecule has 4 N–H and O–H groups in total. The predicted octanol–water partition coefficient (Wildman–Crippen LogP) is 2.40. The van der Waals surface area contributed by atoms with E-state index in [1.807, 2.05) is 0 Å². The molecule has 0 radical (unpaired) electrons. The number of amides is 2. The van der Waals surface area contributed by atoms with Crippen molar-refractivity contribution in [3.63, 3.8) is 0 Å². The van der Waals surface area contributed by atoms with E-state index in [2.05, 4.69) is 17.6 Å². The van der Waals surface area contributed by atoms with Crippen molar-refractivity contribution in [2.75, 3.05) is 11.9 Å². The summed E-state index contributed by atoms with van der Waals surface area (Å²) in [6.07, 6.45) is 3.25. The van der Waals surface area contributed by atoms with Crippen LogP contribution in [0.25, 0.3) is 0 Å². The predicted molar refractivity (Wildman–Crippen MR) is 74.0 cm³/mol. The summed E-state index contributed by atoms with van der Waals surface area (Å²) in [4.78, 5) is 22.6. The molecule has 0 bridgehead atoms. The fourth-order valence-corrected chi connectivity index (χ4v) is 2.08. The highest BCUT2D eigenvalue weighted by molar-refractivity contribution is 5.97. The number of carboxylic acid groups (broad SMARTS) is 1. The van der Waals surface area contributed by atoms with Crippen molar-refractivity contribution in [2.45, 2.75) is 26.2 Å². The molecule has 0 saturated heterocycles. The number of nitrogens with one attached hydrogen (secondary N) is 2. The van der Waals surface area contributed by atoms with Crippen LogP contribution in [-0.4, -0.2) is 28.8 Å². The molecule has 1 aliphatic rings. The van der Waals surface area contributed by atoms with Crippen LogP contribution in [-0.2, 0) is 0 Å². The monoisotopic (exact) mass is 278 g/mol. The molecular formula is C14H18N2O4. The second-order valence-corrected chi connectivity index (χ2v) is 5.17. The van der Waals surface area contributed by atoms with Gasteiger partial charge in [0.2, 0.25) is 0 Å². The topological polar surface area (TPSA) is 98.7 Å². The normalized spacial score (nSPS) is 15.4. The summed E-state index contributed by atoms with van der Waals surface area (Å²) in [5.41, 5.74) is 0.0706. The van der Waals surface area contributed by atoms with Gasteiger partial charge in [-0.1, -0.05) is 13.0 Å². The summed E-state index contributed by atoms with van der Waals surface area (Å²) in [5.74, 6) is -1.68. The van der Waals surface area contributed by atoms with Crippen LogP contribution in [0.15, 0.2) is 18.2 Å². The van der Waals surface area contributed by atoms with Crippen molar-refractivity contribution in [1.82, 2.24) is 5.32 Å². The van der Waals surface area contributed by atoms with Crippen LogP contribution < -0.4 is 10.6 Å². The maximum atomic E-state index is 11.8. The molecule has 1 saturated carbocycles. The molecule has 20 heavy (non-hydrogen) atoms. The Bertz CT molecular complexity index is 538. The molecule has 0 atom stereocenters. The Labute approximate surface area is 116 Å². The van der Waals surface area contributed by atoms with Crippen LogP contribution in [0, 0.1) is 5.41 Å². The molecule has 1 fully saturated rings. The van der Waals surface area contributed by atoms with E-state index in [1.165, 1.54) is 18.2 Å². The van der Waals surface area contributed by atoms with Gasteiger partial charge in [-0.2, -0.15) is 0 Å². The van der Waals surface area contributed by atoms with Gasteiger partial charge in [-0.05, 0) is 36.8 Å². The van der Waals surface area contributed by atoms with E-state index in [9.17, 15) is 14.7 Å². The average Bonchev–Trinajstić information content (AvgIpc) is 3.19. The largest absolute Gasteiger partial charge is 0.505 e. The van der Waals surface area contributed by atoms with Crippen LogP contribution in [0.2, 0.25) is 0 Å². The molecule has 1 aliphatic carbocycles. The third-order valence-electron chi connectivity index (χ3n) is 3.85. The van der Waals surface area contributed by atoms with Crippen molar-refractivity contribution >= 4 is 17.7 Å². The van der Waals surface area contributed by atoms with Gasteiger partial charge in [-0.3, -0.25) is 0 Å². The minimum atomic E-state index is -1.24. The lowest BCUT2D eigenvalue weighted by molar-refractivity contribution is 0.0694. The number of aromatic hydroxyl groups is 1. The molecule has 0 heterocycles. The highest BCUT2D eigenvalue weighted by atomic mass is 16.4. The Kier molecular flexibility index (Phi) is 3.83. The van der Waals surface area contributed by atoms with Crippen LogP contribution in [0.1, 0.15) is 36.5 Å². The first-order valence-electron chi connectivity index (χ1n) is 6.57. The smallest absolute Gasteiger partial charge is 0.339 e. The average molecular weight is 278 g/mol.